The molecule has 7 heteroatoms. The molecule has 0 bridgehead atoms. The van der Waals surface area contributed by atoms with Gasteiger partial charge in [0, 0.05) is 26.2 Å². The molecule has 0 unspecified atom stereocenters. The van der Waals surface area contributed by atoms with Crippen molar-refractivity contribution in [3.63, 3.8) is 0 Å². The lowest BCUT2D eigenvalue weighted by molar-refractivity contribution is -0.00101. The molecule has 7 nitrogen and oxygen atoms in total. The van der Waals surface area contributed by atoms with Crippen LogP contribution in [0.25, 0.3) is 0 Å². The minimum absolute atomic E-state index is 0.598. The SMILES string of the molecule is C1COCCNCCOCCOCCOCCOCCN1. The van der Waals surface area contributed by atoms with E-state index in [4.69, 9.17) is 23.7 Å². The van der Waals surface area contributed by atoms with Crippen LogP contribution in [0.1, 0.15) is 0 Å². The van der Waals surface area contributed by atoms with Crippen LogP contribution in [0.5, 0.6) is 0 Å². The summed E-state index contributed by atoms with van der Waals surface area (Å²) in [5, 5.41) is 6.53. The van der Waals surface area contributed by atoms with Gasteiger partial charge in [-0.25, -0.2) is 0 Å². The second-order valence-corrected chi connectivity index (χ2v) is 4.56. The summed E-state index contributed by atoms with van der Waals surface area (Å²) < 4.78 is 27.1. The highest BCUT2D eigenvalue weighted by atomic mass is 16.6. The van der Waals surface area contributed by atoms with Crippen LogP contribution >= 0.6 is 0 Å². The Labute approximate surface area is 127 Å². The monoisotopic (exact) mass is 306 g/mol. The van der Waals surface area contributed by atoms with Crippen molar-refractivity contribution in [2.45, 2.75) is 0 Å². The van der Waals surface area contributed by atoms with E-state index < -0.39 is 0 Å². The summed E-state index contributed by atoms with van der Waals surface area (Å²) in [5.74, 6) is 0. The van der Waals surface area contributed by atoms with E-state index in [9.17, 15) is 0 Å². The number of hydrogen-bond acceptors (Lipinski definition) is 7. The molecule has 0 aromatic heterocycles. The molecular weight excluding hydrogens is 276 g/mol. The second kappa shape index (κ2) is 16.1. The minimum Gasteiger partial charge on any atom is -0.379 e. The molecule has 0 aromatic rings. The number of hydrogen-bond donors (Lipinski definition) is 2. The second-order valence-electron chi connectivity index (χ2n) is 4.56. The van der Waals surface area contributed by atoms with Crippen molar-refractivity contribution < 1.29 is 23.7 Å². The molecule has 1 saturated heterocycles. The lowest BCUT2D eigenvalue weighted by Crippen LogP contribution is -2.27. The molecule has 0 aromatic carbocycles. The molecule has 1 heterocycles. The van der Waals surface area contributed by atoms with Gasteiger partial charge in [-0.2, -0.15) is 0 Å². The van der Waals surface area contributed by atoms with Gasteiger partial charge in [0.2, 0.25) is 0 Å². The molecule has 1 fully saturated rings. The van der Waals surface area contributed by atoms with E-state index in [-0.39, 0.29) is 0 Å². The van der Waals surface area contributed by atoms with Gasteiger partial charge in [-0.15, -0.1) is 0 Å². The average Bonchev–Trinajstić information content (AvgIpc) is 2.50. The predicted molar refractivity (Wildman–Crippen MR) is 79.8 cm³/mol. The minimum atomic E-state index is 0.598. The van der Waals surface area contributed by atoms with Gasteiger partial charge >= 0.3 is 0 Å². The zero-order valence-electron chi connectivity index (χ0n) is 12.9. The Kier molecular flexibility index (Phi) is 14.4. The Bertz CT molecular complexity index is 118. The van der Waals surface area contributed by atoms with Crippen molar-refractivity contribution >= 4 is 0 Å². The van der Waals surface area contributed by atoms with E-state index in [1.165, 1.54) is 0 Å². The number of rotatable bonds is 0. The highest BCUT2D eigenvalue weighted by Crippen LogP contribution is 1.83. The van der Waals surface area contributed by atoms with Crippen molar-refractivity contribution in [3.05, 3.63) is 0 Å². The van der Waals surface area contributed by atoms with E-state index in [1.807, 2.05) is 0 Å². The molecule has 2 N–H and O–H groups in total. The Morgan fingerprint density at radius 1 is 0.333 bits per heavy atom. The first-order valence-electron chi connectivity index (χ1n) is 7.80. The average molecular weight is 306 g/mol. The summed E-state index contributed by atoms with van der Waals surface area (Å²) in [6.45, 7) is 9.84. The molecule has 0 atom stereocenters. The van der Waals surface area contributed by atoms with E-state index in [2.05, 4.69) is 10.6 Å². The lowest BCUT2D eigenvalue weighted by Gasteiger charge is -2.08. The summed E-state index contributed by atoms with van der Waals surface area (Å²) in [6, 6.07) is 0. The normalized spacial score (nSPS) is 24.0. The zero-order chi connectivity index (χ0) is 14.8. The van der Waals surface area contributed by atoms with Gasteiger partial charge in [0.15, 0.2) is 0 Å². The van der Waals surface area contributed by atoms with Crippen molar-refractivity contribution in [1.29, 1.82) is 0 Å². The van der Waals surface area contributed by atoms with Crippen molar-refractivity contribution in [1.82, 2.24) is 10.6 Å². The maximum atomic E-state index is 5.49. The molecule has 0 spiro atoms. The molecule has 21 heavy (non-hydrogen) atoms. The van der Waals surface area contributed by atoms with E-state index in [0.717, 1.165) is 39.4 Å². The lowest BCUT2D eigenvalue weighted by atomic mass is 10.6. The summed E-state index contributed by atoms with van der Waals surface area (Å²) in [4.78, 5) is 0. The van der Waals surface area contributed by atoms with Crippen LogP contribution < -0.4 is 10.6 Å². The Balaban J connectivity index is 2.00. The van der Waals surface area contributed by atoms with Crippen LogP contribution in [-0.4, -0.2) is 92.2 Å². The fraction of sp³-hybridized carbons (Fsp3) is 1.00. The first-order valence-corrected chi connectivity index (χ1v) is 7.80. The van der Waals surface area contributed by atoms with E-state index >= 15 is 0 Å². The highest BCUT2D eigenvalue weighted by molar-refractivity contribution is 4.48. The van der Waals surface area contributed by atoms with Gasteiger partial charge in [0.05, 0.1) is 66.1 Å². The van der Waals surface area contributed by atoms with Crippen LogP contribution in [0.3, 0.4) is 0 Å². The molecule has 0 aliphatic carbocycles. The number of ether oxygens (including phenoxy) is 5. The van der Waals surface area contributed by atoms with Crippen LogP contribution in [0.15, 0.2) is 0 Å². The van der Waals surface area contributed by atoms with Gasteiger partial charge < -0.3 is 34.3 Å². The third kappa shape index (κ3) is 14.4. The number of nitrogens with one attached hydrogen (secondary N) is 2. The molecule has 0 radical (unpaired) electrons. The van der Waals surface area contributed by atoms with Crippen LogP contribution in [0.2, 0.25) is 0 Å². The molecule has 1 aliphatic rings. The highest BCUT2D eigenvalue weighted by Gasteiger charge is 1.95. The van der Waals surface area contributed by atoms with Gasteiger partial charge in [-0.05, 0) is 0 Å². The predicted octanol–water partition coefficient (Wildman–Crippen LogP) is -0.738. The van der Waals surface area contributed by atoms with E-state index in [0.29, 0.717) is 52.9 Å². The van der Waals surface area contributed by atoms with Crippen molar-refractivity contribution in [2.24, 2.45) is 0 Å². The first-order chi connectivity index (χ1) is 10.5. The summed E-state index contributed by atoms with van der Waals surface area (Å²) in [5.41, 5.74) is 0. The first kappa shape index (κ1) is 18.8. The third-order valence-corrected chi connectivity index (χ3v) is 2.81. The third-order valence-electron chi connectivity index (χ3n) is 2.81. The van der Waals surface area contributed by atoms with Gasteiger partial charge in [0.25, 0.3) is 0 Å². The van der Waals surface area contributed by atoms with E-state index in [1.54, 1.807) is 0 Å². The van der Waals surface area contributed by atoms with Gasteiger partial charge in [-0.3, -0.25) is 0 Å². The zero-order valence-corrected chi connectivity index (χ0v) is 12.9. The molecule has 0 amide bonds. The van der Waals surface area contributed by atoms with Crippen LogP contribution in [-0.2, 0) is 23.7 Å². The summed E-state index contributed by atoms with van der Waals surface area (Å²) >= 11 is 0. The topological polar surface area (TPSA) is 70.2 Å². The Morgan fingerprint density at radius 3 is 0.905 bits per heavy atom. The Morgan fingerprint density at radius 2 is 0.571 bits per heavy atom. The maximum absolute atomic E-state index is 5.49. The van der Waals surface area contributed by atoms with Crippen molar-refractivity contribution in [2.75, 3.05) is 92.2 Å². The molecule has 1 rings (SSSR count). The van der Waals surface area contributed by atoms with Gasteiger partial charge in [0.1, 0.15) is 0 Å². The standard InChI is InChI=1S/C14H30N2O5/c1-5-17-6-2-16-4-8-19-10-12-21-14-13-20-11-9-18-7-3-15-1/h15-16H,1-14H2. The summed E-state index contributed by atoms with van der Waals surface area (Å²) in [6.07, 6.45) is 0. The Hall–Kier alpha value is -0.280. The largest absolute Gasteiger partial charge is 0.379 e. The van der Waals surface area contributed by atoms with Crippen molar-refractivity contribution in [3.8, 4) is 0 Å². The maximum Gasteiger partial charge on any atom is 0.0701 e. The van der Waals surface area contributed by atoms with Crippen LogP contribution in [0, 0.1) is 0 Å². The summed E-state index contributed by atoms with van der Waals surface area (Å²) in [7, 11) is 0. The fourth-order valence-corrected chi connectivity index (χ4v) is 1.69. The molecule has 0 saturated carbocycles. The smallest absolute Gasteiger partial charge is 0.0701 e. The molecular formula is C14H30N2O5. The fourth-order valence-electron chi connectivity index (χ4n) is 1.69. The molecule has 126 valence electrons. The van der Waals surface area contributed by atoms with Crippen LogP contribution in [0.4, 0.5) is 0 Å². The molecule has 1 aliphatic heterocycles. The van der Waals surface area contributed by atoms with Gasteiger partial charge in [-0.1, -0.05) is 0 Å². The quantitative estimate of drug-likeness (QED) is 0.611.